The van der Waals surface area contributed by atoms with Gasteiger partial charge in [-0.3, -0.25) is 10.1 Å². The average molecular weight is 912 g/mol. The van der Waals surface area contributed by atoms with Gasteiger partial charge in [0, 0.05) is 45.3 Å². The highest BCUT2D eigenvalue weighted by molar-refractivity contribution is 5.88. The maximum Gasteiger partial charge on any atom is 0.323 e. The van der Waals surface area contributed by atoms with Gasteiger partial charge in [0.2, 0.25) is 0 Å². The summed E-state index contributed by atoms with van der Waals surface area (Å²) in [6.07, 6.45) is -6.93. The second-order valence-corrected chi connectivity index (χ2v) is 19.5. The normalized spacial score (nSPS) is 43.1. The van der Waals surface area contributed by atoms with Crippen LogP contribution >= 0.6 is 0 Å². The Morgan fingerprint density at radius 1 is 1.02 bits per heavy atom. The van der Waals surface area contributed by atoms with Gasteiger partial charge in [0.25, 0.3) is 0 Å². The van der Waals surface area contributed by atoms with Crippen LogP contribution in [-0.4, -0.2) is 171 Å². The van der Waals surface area contributed by atoms with Gasteiger partial charge in [0.1, 0.15) is 40.9 Å². The van der Waals surface area contributed by atoms with Crippen LogP contribution in [0.3, 0.4) is 0 Å². The van der Waals surface area contributed by atoms with Crippen molar-refractivity contribution >= 4 is 17.8 Å². The number of aliphatic hydroxyl groups is 5. The molecule has 0 aliphatic carbocycles. The first-order valence-corrected chi connectivity index (χ1v) is 23.2. The van der Waals surface area contributed by atoms with E-state index in [0.29, 0.717) is 18.9 Å². The number of aromatic nitrogens is 1. The van der Waals surface area contributed by atoms with Gasteiger partial charge in [-0.1, -0.05) is 33.8 Å². The summed E-state index contributed by atoms with van der Waals surface area (Å²) >= 11 is 0. The molecule has 8 N–H and O–H groups in total. The van der Waals surface area contributed by atoms with Crippen LogP contribution in [0, 0.1) is 17.8 Å². The zero-order valence-electron chi connectivity index (χ0n) is 40.4. The third-order valence-corrected chi connectivity index (χ3v) is 14.1. The van der Waals surface area contributed by atoms with E-state index in [1.54, 1.807) is 86.8 Å². The van der Waals surface area contributed by atoms with Crippen molar-refractivity contribution in [2.45, 2.75) is 198 Å². The van der Waals surface area contributed by atoms with Gasteiger partial charge < -0.3 is 69.5 Å². The highest BCUT2D eigenvalue weighted by atomic mass is 16.7. The van der Waals surface area contributed by atoms with Crippen molar-refractivity contribution in [3.05, 3.63) is 24.4 Å². The first-order chi connectivity index (χ1) is 29.9. The number of ether oxygens (including phenoxy) is 6. The van der Waals surface area contributed by atoms with Crippen LogP contribution in [0.2, 0.25) is 0 Å². The zero-order valence-corrected chi connectivity index (χ0v) is 40.4. The van der Waals surface area contributed by atoms with Crippen LogP contribution < -0.4 is 16.0 Å². The van der Waals surface area contributed by atoms with E-state index in [2.05, 4.69) is 20.9 Å². The van der Waals surface area contributed by atoms with Crippen LogP contribution in [0.4, 0.5) is 10.6 Å². The van der Waals surface area contributed by atoms with E-state index in [9.17, 15) is 35.1 Å². The molecule has 4 heterocycles. The summed E-state index contributed by atoms with van der Waals surface area (Å²) in [5.74, 6) is -2.65. The number of cyclic esters (lactones) is 1. The Morgan fingerprint density at radius 2 is 1.70 bits per heavy atom. The Morgan fingerprint density at radius 3 is 2.31 bits per heavy atom. The molecule has 0 bridgehead atoms. The Balaban J connectivity index is 1.79. The molecule has 0 saturated carbocycles. The number of aliphatic hydroxyl groups excluding tert-OH is 2. The highest BCUT2D eigenvalue weighted by Gasteiger charge is 2.58. The van der Waals surface area contributed by atoms with Gasteiger partial charge in [-0.2, -0.15) is 0 Å². The molecule has 64 heavy (non-hydrogen) atoms. The monoisotopic (exact) mass is 912 g/mol. The Labute approximate surface area is 380 Å². The van der Waals surface area contributed by atoms with Gasteiger partial charge in [-0.25, -0.2) is 9.78 Å². The molecule has 18 atom stereocenters. The number of carbonyl (C=O) groups excluding carboxylic acids is 2. The van der Waals surface area contributed by atoms with Crippen LogP contribution in [0.1, 0.15) is 108 Å². The zero-order chi connectivity index (χ0) is 47.9. The quantitative estimate of drug-likeness (QED) is 0.111. The first kappa shape index (κ1) is 54.0. The number of nitrogens with one attached hydrogen (secondary N) is 3. The molecule has 18 heteroatoms. The van der Waals surface area contributed by atoms with Crippen LogP contribution in [-0.2, 0) is 33.2 Å². The summed E-state index contributed by atoms with van der Waals surface area (Å²) in [4.78, 5) is 33.5. The molecule has 3 saturated heterocycles. The second kappa shape index (κ2) is 22.5. The third kappa shape index (κ3) is 12.3. The predicted octanol–water partition coefficient (Wildman–Crippen LogP) is 2.93. The molecule has 18 nitrogen and oxygen atoms in total. The smallest absolute Gasteiger partial charge is 0.323 e. The lowest BCUT2D eigenvalue weighted by Gasteiger charge is -2.53. The average Bonchev–Trinajstić information content (AvgIpc) is 3.24. The Hall–Kier alpha value is -2.59. The fraction of sp³-hybridized carbons (Fsp3) is 0.848. The molecule has 0 aromatic carbocycles. The summed E-state index contributed by atoms with van der Waals surface area (Å²) in [5, 5.41) is 69.4. The minimum atomic E-state index is -1.86. The molecule has 3 fully saturated rings. The molecule has 368 valence electrons. The minimum absolute atomic E-state index is 0.0423. The number of methoxy groups -OCH3 is 1. The van der Waals surface area contributed by atoms with Crippen molar-refractivity contribution in [2.24, 2.45) is 17.8 Å². The van der Waals surface area contributed by atoms with Crippen molar-refractivity contribution in [3.63, 3.8) is 0 Å². The second-order valence-electron chi connectivity index (χ2n) is 19.5. The lowest BCUT2D eigenvalue weighted by Crippen LogP contribution is -2.70. The molecular weight excluding hydrogens is 831 g/mol. The number of nitrogens with zero attached hydrogens (tertiary/aromatic N) is 2. The van der Waals surface area contributed by atoms with Gasteiger partial charge in [0.15, 0.2) is 12.6 Å². The predicted molar refractivity (Wildman–Crippen MR) is 239 cm³/mol. The molecule has 2 amide bonds. The summed E-state index contributed by atoms with van der Waals surface area (Å²) in [6, 6.07) is 3.18. The molecule has 0 radical (unpaired) electrons. The van der Waals surface area contributed by atoms with E-state index >= 15 is 0 Å². The fourth-order valence-electron chi connectivity index (χ4n) is 9.86. The largest absolute Gasteiger partial charge is 0.459 e. The summed E-state index contributed by atoms with van der Waals surface area (Å²) < 4.78 is 38.5. The molecule has 3 aliphatic rings. The minimum Gasteiger partial charge on any atom is -0.459 e. The van der Waals surface area contributed by atoms with Gasteiger partial charge in [-0.05, 0) is 105 Å². The fourth-order valence-corrected chi connectivity index (χ4v) is 9.86. The maximum atomic E-state index is 14.5. The number of rotatable bonds is 12. The molecule has 0 spiro atoms. The maximum absolute atomic E-state index is 14.5. The Kier molecular flexibility index (Phi) is 19.0. The molecule has 3 aliphatic heterocycles. The summed E-state index contributed by atoms with van der Waals surface area (Å²) in [7, 11) is 3.08. The van der Waals surface area contributed by atoms with Gasteiger partial charge in [0.05, 0.1) is 42.0 Å². The summed E-state index contributed by atoms with van der Waals surface area (Å²) in [6.45, 7) is 20.4. The van der Waals surface area contributed by atoms with Crippen LogP contribution in [0.25, 0.3) is 0 Å². The van der Waals surface area contributed by atoms with E-state index in [0.717, 1.165) is 6.42 Å². The third-order valence-electron chi connectivity index (χ3n) is 14.1. The van der Waals surface area contributed by atoms with Gasteiger partial charge in [-0.15, -0.1) is 0 Å². The topological polar surface area (TPSA) is 243 Å². The van der Waals surface area contributed by atoms with E-state index in [-0.39, 0.29) is 38.1 Å². The number of pyridine rings is 1. The first-order valence-electron chi connectivity index (χ1n) is 23.2. The highest BCUT2D eigenvalue weighted by Crippen LogP contribution is 2.43. The number of likely N-dealkylation sites (N-methyl/N-ethyl adjacent to an activating group) is 1. The lowest BCUT2D eigenvalue weighted by molar-refractivity contribution is -0.336. The number of carbonyl (C=O) groups is 2. The molecular formula is C46H81N5O13. The van der Waals surface area contributed by atoms with Crippen molar-refractivity contribution in [1.29, 1.82) is 0 Å². The van der Waals surface area contributed by atoms with Crippen molar-refractivity contribution in [2.75, 3.05) is 39.1 Å². The standard InChI is InChI=1S/C46H81N5O13/c1-14-19-47-25-46(58)31(8)61-35(23-44(46,10)59-13)63-37-28(5)39(64-41-36(52)32(21-27(4)60-41)51(12)42(55)50-34-18-16-17-20-48-34)43(9,56)22-26(3)24-49-30(7)38(53)45(11,57)33(15-2)62-40(54)29(37)6/h16-18,20,26-33,35-39,41,47,49,52-53,56-58H,14-15,19,21-25H2,1-13H3,(H,48,50,55)/t26-,27-,28+,29-,30-,31+,32+,33-,35+,36-,37+,38-,39-,41+,43-,44-,45-,46+/m1/s1. The molecule has 4 rings (SSSR count). The van der Waals surface area contributed by atoms with E-state index < -0.39 is 114 Å². The lowest BCUT2D eigenvalue weighted by atomic mass is 9.75. The van der Waals surface area contributed by atoms with Crippen molar-refractivity contribution in [3.8, 4) is 0 Å². The number of esters is 1. The van der Waals surface area contributed by atoms with E-state index in [4.69, 9.17) is 28.4 Å². The number of anilines is 1. The van der Waals surface area contributed by atoms with E-state index in [1.165, 1.54) is 18.9 Å². The Bertz CT molecular complexity index is 1630. The number of hydrogen-bond donors (Lipinski definition) is 8. The number of amides is 2. The van der Waals surface area contributed by atoms with Crippen LogP contribution in [0.5, 0.6) is 0 Å². The van der Waals surface area contributed by atoms with Crippen molar-refractivity contribution in [1.82, 2.24) is 20.5 Å². The van der Waals surface area contributed by atoms with Crippen molar-refractivity contribution < 1.29 is 63.5 Å². The number of urea groups is 1. The van der Waals surface area contributed by atoms with E-state index in [1.807, 2.05) is 13.8 Å². The SMILES string of the molecule is CCCNC[C@]1(O)[C@H](C)O[C@@H](O[C@H]2[C@H](C)[C@@H](O[C@@H]3O[C@H](C)C[C@H](N(C)C(=O)Nc4ccccn4)[C@H]3O)[C@](C)(O)C[C@@H](C)CN[C@H](C)[C@@H](O)[C@](C)(O)[C@@H](CC)OC(=O)[C@@H]2C)C[C@@]1(C)OC. The number of hydrogen-bond acceptors (Lipinski definition) is 16. The summed E-state index contributed by atoms with van der Waals surface area (Å²) in [5.41, 5.74) is -6.22. The van der Waals surface area contributed by atoms with Crippen LogP contribution in [0.15, 0.2) is 24.4 Å². The molecule has 1 aromatic rings. The molecule has 1 aromatic heterocycles. The van der Waals surface area contributed by atoms with Gasteiger partial charge >= 0.3 is 12.0 Å². The molecule has 0 unspecified atom stereocenters.